The van der Waals surface area contributed by atoms with Gasteiger partial charge in [0.25, 0.3) is 5.91 Å². The lowest BCUT2D eigenvalue weighted by atomic mass is 10.1. The zero-order valence-corrected chi connectivity index (χ0v) is 11.2. The van der Waals surface area contributed by atoms with Crippen molar-refractivity contribution in [3.63, 3.8) is 0 Å². The Labute approximate surface area is 117 Å². The molecule has 0 bridgehead atoms. The molecule has 5 N–H and O–H groups in total. The molecule has 0 aromatic heterocycles. The molecule has 0 saturated heterocycles. The van der Waals surface area contributed by atoms with Crippen molar-refractivity contribution in [3.8, 4) is 11.5 Å². The van der Waals surface area contributed by atoms with Gasteiger partial charge in [-0.25, -0.2) is 0 Å². The number of carbonyl (C=O) groups is 1. The summed E-state index contributed by atoms with van der Waals surface area (Å²) in [5, 5.41) is 39.4. The molecule has 0 saturated carbocycles. The molecule has 112 valence electrons. The maximum absolute atomic E-state index is 11.9. The summed E-state index contributed by atoms with van der Waals surface area (Å²) in [6, 6.07) is 3.72. The number of rotatable bonds is 8. The summed E-state index contributed by atoms with van der Waals surface area (Å²) < 4.78 is 0. The van der Waals surface area contributed by atoms with Crippen LogP contribution in [0.1, 0.15) is 36.0 Å². The molecule has 1 rings (SSSR count). The Hall–Kier alpha value is -1.79. The van der Waals surface area contributed by atoms with Crippen LogP contribution in [-0.2, 0) is 0 Å². The van der Waals surface area contributed by atoms with E-state index in [4.69, 9.17) is 5.11 Å². The molecular weight excluding hydrogens is 262 g/mol. The quantitative estimate of drug-likeness (QED) is 0.357. The van der Waals surface area contributed by atoms with E-state index in [1.54, 1.807) is 0 Å². The number of nitrogens with one attached hydrogen (secondary N) is 1. The third-order valence-corrected chi connectivity index (χ3v) is 3.03. The standard InChI is InChI=1S/C14H21NO5/c16-8-3-1-2-5-10(9-17)15-14(20)11-6-4-7-12(18)13(11)19/h4,6-7,10,16-19H,1-3,5,8-9H2,(H,15,20). The molecule has 0 aliphatic carbocycles. The maximum atomic E-state index is 11.9. The fourth-order valence-corrected chi connectivity index (χ4v) is 1.87. The Morgan fingerprint density at radius 3 is 2.55 bits per heavy atom. The largest absolute Gasteiger partial charge is 0.504 e. The second-order valence-corrected chi connectivity index (χ2v) is 4.60. The molecule has 20 heavy (non-hydrogen) atoms. The maximum Gasteiger partial charge on any atom is 0.255 e. The number of aliphatic hydroxyl groups excluding tert-OH is 2. The second kappa shape index (κ2) is 8.39. The number of aromatic hydroxyl groups is 2. The highest BCUT2D eigenvalue weighted by Gasteiger charge is 2.17. The number of phenols is 2. The number of hydrogen-bond acceptors (Lipinski definition) is 5. The number of hydrogen-bond donors (Lipinski definition) is 5. The first kappa shape index (κ1) is 16.3. The van der Waals surface area contributed by atoms with Crippen LogP contribution in [-0.4, -0.2) is 45.6 Å². The Morgan fingerprint density at radius 1 is 1.15 bits per heavy atom. The Kier molecular flexibility index (Phi) is 6.83. The summed E-state index contributed by atoms with van der Waals surface area (Å²) in [6.07, 6.45) is 2.87. The van der Waals surface area contributed by atoms with Gasteiger partial charge in [-0.05, 0) is 25.0 Å². The van der Waals surface area contributed by atoms with Crippen LogP contribution in [0.5, 0.6) is 11.5 Å². The molecule has 0 aliphatic rings. The zero-order chi connectivity index (χ0) is 15.0. The average Bonchev–Trinajstić information content (AvgIpc) is 2.45. The summed E-state index contributed by atoms with van der Waals surface area (Å²) in [5.41, 5.74) is -0.0289. The van der Waals surface area contributed by atoms with Crippen molar-refractivity contribution in [2.75, 3.05) is 13.2 Å². The van der Waals surface area contributed by atoms with Gasteiger partial charge in [-0.3, -0.25) is 4.79 Å². The molecule has 1 aromatic carbocycles. The first-order chi connectivity index (χ1) is 9.60. The monoisotopic (exact) mass is 283 g/mol. The lowest BCUT2D eigenvalue weighted by Gasteiger charge is -2.16. The van der Waals surface area contributed by atoms with Crippen molar-refractivity contribution >= 4 is 5.91 Å². The van der Waals surface area contributed by atoms with Gasteiger partial charge in [0.1, 0.15) is 0 Å². The fourth-order valence-electron chi connectivity index (χ4n) is 1.87. The van der Waals surface area contributed by atoms with Crippen LogP contribution in [0, 0.1) is 0 Å². The van der Waals surface area contributed by atoms with E-state index in [-0.39, 0.29) is 24.5 Å². The Bertz CT molecular complexity index is 436. The predicted molar refractivity (Wildman–Crippen MR) is 73.7 cm³/mol. The molecule has 0 aliphatic heterocycles. The molecule has 0 heterocycles. The van der Waals surface area contributed by atoms with Gasteiger partial charge in [0.05, 0.1) is 18.2 Å². The van der Waals surface area contributed by atoms with E-state index < -0.39 is 17.7 Å². The van der Waals surface area contributed by atoms with Gasteiger partial charge in [-0.15, -0.1) is 0 Å². The highest BCUT2D eigenvalue weighted by Crippen LogP contribution is 2.28. The predicted octanol–water partition coefficient (Wildman–Crippen LogP) is 0.741. The summed E-state index contributed by atoms with van der Waals surface area (Å²) >= 11 is 0. The van der Waals surface area contributed by atoms with E-state index in [1.807, 2.05) is 0 Å². The van der Waals surface area contributed by atoms with E-state index in [9.17, 15) is 20.1 Å². The van der Waals surface area contributed by atoms with E-state index in [0.29, 0.717) is 12.8 Å². The van der Waals surface area contributed by atoms with Gasteiger partial charge in [0, 0.05) is 6.61 Å². The lowest BCUT2D eigenvalue weighted by Crippen LogP contribution is -2.37. The van der Waals surface area contributed by atoms with E-state index in [1.165, 1.54) is 18.2 Å². The van der Waals surface area contributed by atoms with Crippen LogP contribution in [0.2, 0.25) is 0 Å². The molecule has 1 amide bonds. The first-order valence-electron chi connectivity index (χ1n) is 6.63. The lowest BCUT2D eigenvalue weighted by molar-refractivity contribution is 0.0908. The van der Waals surface area contributed by atoms with Crippen LogP contribution in [0.3, 0.4) is 0 Å². The Balaban J connectivity index is 2.56. The number of aliphatic hydroxyl groups is 2. The Morgan fingerprint density at radius 2 is 1.90 bits per heavy atom. The van der Waals surface area contributed by atoms with Gasteiger partial charge in [0.2, 0.25) is 0 Å². The van der Waals surface area contributed by atoms with Crippen LogP contribution in [0.25, 0.3) is 0 Å². The summed E-state index contributed by atoms with van der Waals surface area (Å²) in [5.74, 6) is -1.37. The molecule has 0 spiro atoms. The highest BCUT2D eigenvalue weighted by molar-refractivity contribution is 5.97. The van der Waals surface area contributed by atoms with Crippen LogP contribution >= 0.6 is 0 Å². The smallest absolute Gasteiger partial charge is 0.255 e. The minimum absolute atomic E-state index is 0.0289. The molecule has 1 aromatic rings. The molecule has 1 unspecified atom stereocenters. The number of benzene rings is 1. The van der Waals surface area contributed by atoms with Crippen LogP contribution in [0.4, 0.5) is 0 Å². The summed E-state index contributed by atoms with van der Waals surface area (Å²) in [4.78, 5) is 11.9. The fraction of sp³-hybridized carbons (Fsp3) is 0.500. The number of carbonyl (C=O) groups excluding carboxylic acids is 1. The number of para-hydroxylation sites is 1. The van der Waals surface area contributed by atoms with Crippen molar-refractivity contribution in [1.82, 2.24) is 5.32 Å². The van der Waals surface area contributed by atoms with Crippen molar-refractivity contribution < 1.29 is 25.2 Å². The van der Waals surface area contributed by atoms with E-state index in [0.717, 1.165) is 12.8 Å². The van der Waals surface area contributed by atoms with Crippen LogP contribution in [0.15, 0.2) is 18.2 Å². The minimum atomic E-state index is -0.542. The third kappa shape index (κ3) is 4.71. The summed E-state index contributed by atoms with van der Waals surface area (Å²) in [6.45, 7) is -0.0717. The average molecular weight is 283 g/mol. The number of amides is 1. The topological polar surface area (TPSA) is 110 Å². The van der Waals surface area contributed by atoms with E-state index in [2.05, 4.69) is 5.32 Å². The van der Waals surface area contributed by atoms with Gasteiger partial charge in [-0.2, -0.15) is 0 Å². The third-order valence-electron chi connectivity index (χ3n) is 3.03. The van der Waals surface area contributed by atoms with Gasteiger partial charge >= 0.3 is 0 Å². The number of unbranched alkanes of at least 4 members (excludes halogenated alkanes) is 2. The molecule has 0 fully saturated rings. The molecule has 0 radical (unpaired) electrons. The highest BCUT2D eigenvalue weighted by atomic mass is 16.3. The van der Waals surface area contributed by atoms with Crippen molar-refractivity contribution in [3.05, 3.63) is 23.8 Å². The molecule has 6 nitrogen and oxygen atoms in total. The van der Waals surface area contributed by atoms with Gasteiger partial charge in [0.15, 0.2) is 11.5 Å². The summed E-state index contributed by atoms with van der Waals surface area (Å²) in [7, 11) is 0. The first-order valence-corrected chi connectivity index (χ1v) is 6.63. The van der Waals surface area contributed by atoms with Gasteiger partial charge < -0.3 is 25.7 Å². The van der Waals surface area contributed by atoms with Crippen LogP contribution < -0.4 is 5.32 Å². The zero-order valence-electron chi connectivity index (χ0n) is 11.2. The van der Waals surface area contributed by atoms with Crippen molar-refractivity contribution in [2.24, 2.45) is 0 Å². The minimum Gasteiger partial charge on any atom is -0.504 e. The molecular formula is C14H21NO5. The SMILES string of the molecule is O=C(NC(CO)CCCCCO)c1cccc(O)c1O. The molecule has 6 heteroatoms. The van der Waals surface area contributed by atoms with Gasteiger partial charge in [-0.1, -0.05) is 18.9 Å². The second-order valence-electron chi connectivity index (χ2n) is 4.60. The van der Waals surface area contributed by atoms with E-state index >= 15 is 0 Å². The molecule has 1 atom stereocenters. The van der Waals surface area contributed by atoms with Crippen molar-refractivity contribution in [1.29, 1.82) is 0 Å². The normalized spacial score (nSPS) is 12.1. The number of phenolic OH excluding ortho intramolecular Hbond substituents is 2. The van der Waals surface area contributed by atoms with Crippen molar-refractivity contribution in [2.45, 2.75) is 31.7 Å².